The zero-order valence-electron chi connectivity index (χ0n) is 15.8. The van der Waals surface area contributed by atoms with E-state index in [4.69, 9.17) is 11.6 Å². The van der Waals surface area contributed by atoms with Gasteiger partial charge in [-0.2, -0.15) is 0 Å². The van der Waals surface area contributed by atoms with Crippen molar-refractivity contribution in [1.29, 1.82) is 0 Å². The van der Waals surface area contributed by atoms with Gasteiger partial charge < -0.3 is 15.1 Å². The summed E-state index contributed by atoms with van der Waals surface area (Å²) in [5.74, 6) is -1.23. The number of amides is 2. The zero-order chi connectivity index (χ0) is 20.1. The molecule has 1 saturated heterocycles. The number of anilines is 1. The molecule has 148 valence electrons. The maximum absolute atomic E-state index is 13.3. The number of hydrogen-bond acceptors (Lipinski definition) is 2. The van der Waals surface area contributed by atoms with Gasteiger partial charge in [0, 0.05) is 24.2 Å². The van der Waals surface area contributed by atoms with E-state index in [9.17, 15) is 14.0 Å². The van der Waals surface area contributed by atoms with Crippen molar-refractivity contribution in [2.24, 2.45) is 5.92 Å². The smallest absolute Gasteiger partial charge is 0.227 e. The molecular weight excluding hydrogens is 381 g/mol. The highest BCUT2D eigenvalue weighted by molar-refractivity contribution is 6.31. The molecule has 2 aromatic rings. The fraction of sp³-hybridized carbons (Fsp3) is 0.333. The highest BCUT2D eigenvalue weighted by atomic mass is 35.5. The summed E-state index contributed by atoms with van der Waals surface area (Å²) in [7, 11) is 2.08. The van der Waals surface area contributed by atoms with Gasteiger partial charge in [0.1, 0.15) is 12.4 Å². The third-order valence-electron chi connectivity index (χ3n) is 4.91. The summed E-state index contributed by atoms with van der Waals surface area (Å²) < 4.78 is 13.3. The summed E-state index contributed by atoms with van der Waals surface area (Å²) in [4.78, 5) is 27.5. The van der Waals surface area contributed by atoms with Gasteiger partial charge in [0.25, 0.3) is 0 Å². The second kappa shape index (κ2) is 9.17. The summed E-state index contributed by atoms with van der Waals surface area (Å²) in [6, 6.07) is 14.3. The monoisotopic (exact) mass is 404 g/mol. The minimum Gasteiger partial charge on any atom is -0.350 e. The van der Waals surface area contributed by atoms with Crippen LogP contribution in [0, 0.1) is 11.7 Å². The minimum atomic E-state index is -0.534. The third-order valence-corrected chi connectivity index (χ3v) is 5.20. The molecule has 2 N–H and O–H groups in total. The highest BCUT2D eigenvalue weighted by Gasteiger charge is 2.35. The van der Waals surface area contributed by atoms with Gasteiger partial charge in [0.15, 0.2) is 0 Å². The van der Waals surface area contributed by atoms with E-state index in [0.717, 1.165) is 13.1 Å². The molecule has 1 heterocycles. The molecule has 3 rings (SSSR count). The lowest BCUT2D eigenvalue weighted by Crippen LogP contribution is -3.08. The average molecular weight is 405 g/mol. The largest absolute Gasteiger partial charge is 0.350 e. The van der Waals surface area contributed by atoms with Crippen LogP contribution in [-0.2, 0) is 16.1 Å². The van der Waals surface area contributed by atoms with Crippen molar-refractivity contribution in [1.82, 2.24) is 5.32 Å². The van der Waals surface area contributed by atoms with Crippen molar-refractivity contribution in [2.75, 3.05) is 31.6 Å². The lowest BCUT2D eigenvalue weighted by molar-refractivity contribution is -0.892. The number of benzene rings is 2. The van der Waals surface area contributed by atoms with E-state index in [2.05, 4.69) is 24.5 Å². The van der Waals surface area contributed by atoms with Gasteiger partial charge in [-0.05, 0) is 18.2 Å². The molecule has 2 aromatic carbocycles. The molecule has 5 nitrogen and oxygen atoms in total. The summed E-state index contributed by atoms with van der Waals surface area (Å²) >= 11 is 5.80. The van der Waals surface area contributed by atoms with Crippen LogP contribution in [0.3, 0.4) is 0 Å². The van der Waals surface area contributed by atoms with Gasteiger partial charge >= 0.3 is 0 Å². The Hall–Kier alpha value is -2.44. The van der Waals surface area contributed by atoms with Crippen molar-refractivity contribution < 1.29 is 18.9 Å². The zero-order valence-corrected chi connectivity index (χ0v) is 16.5. The van der Waals surface area contributed by atoms with Gasteiger partial charge in [0.2, 0.25) is 11.8 Å². The topological polar surface area (TPSA) is 53.9 Å². The molecule has 7 heteroatoms. The quantitative estimate of drug-likeness (QED) is 0.737. The van der Waals surface area contributed by atoms with Crippen LogP contribution in [0.25, 0.3) is 0 Å². The molecule has 1 aliphatic heterocycles. The molecule has 28 heavy (non-hydrogen) atoms. The summed E-state index contributed by atoms with van der Waals surface area (Å²) in [6.07, 6.45) is 0.146. The van der Waals surface area contributed by atoms with Crippen LogP contribution in [0.5, 0.6) is 0 Å². The Morgan fingerprint density at radius 2 is 2.04 bits per heavy atom. The van der Waals surface area contributed by atoms with E-state index in [1.807, 2.05) is 18.2 Å². The molecular formula is C21H24ClFN3O2+. The number of rotatable bonds is 7. The van der Waals surface area contributed by atoms with Crippen LogP contribution in [0.4, 0.5) is 10.1 Å². The van der Waals surface area contributed by atoms with Crippen molar-refractivity contribution in [3.63, 3.8) is 0 Å². The lowest BCUT2D eigenvalue weighted by Gasteiger charge is -2.18. The number of nitrogens with one attached hydrogen (secondary N) is 2. The number of carbonyl (C=O) groups is 2. The molecule has 0 saturated carbocycles. The first-order valence-corrected chi connectivity index (χ1v) is 9.70. The summed E-state index contributed by atoms with van der Waals surface area (Å²) in [5.41, 5.74) is 1.76. The van der Waals surface area contributed by atoms with E-state index >= 15 is 0 Å². The Balaban J connectivity index is 1.47. The highest BCUT2D eigenvalue weighted by Crippen LogP contribution is 2.28. The molecule has 0 spiro atoms. The van der Waals surface area contributed by atoms with Gasteiger partial charge in [0.05, 0.1) is 31.1 Å². The molecule has 2 amide bonds. The van der Waals surface area contributed by atoms with Crippen molar-refractivity contribution in [3.05, 3.63) is 64.9 Å². The SMILES string of the molecule is C[NH+](CCNC(=O)C1CC(=O)N(c2ccc(F)c(Cl)c2)C1)Cc1ccccc1. The molecule has 0 aromatic heterocycles. The van der Waals surface area contributed by atoms with E-state index in [1.165, 1.54) is 33.6 Å². The fourth-order valence-corrected chi connectivity index (χ4v) is 3.54. The molecule has 1 fully saturated rings. The first-order valence-electron chi connectivity index (χ1n) is 9.32. The Morgan fingerprint density at radius 1 is 1.29 bits per heavy atom. The Kier molecular flexibility index (Phi) is 6.65. The average Bonchev–Trinajstić information content (AvgIpc) is 3.06. The van der Waals surface area contributed by atoms with Crippen LogP contribution in [0.2, 0.25) is 5.02 Å². The van der Waals surface area contributed by atoms with Gasteiger partial charge in [-0.3, -0.25) is 9.59 Å². The fourth-order valence-electron chi connectivity index (χ4n) is 3.36. The van der Waals surface area contributed by atoms with Crippen LogP contribution >= 0.6 is 11.6 Å². The Morgan fingerprint density at radius 3 is 2.75 bits per heavy atom. The molecule has 0 radical (unpaired) electrons. The number of carbonyl (C=O) groups excluding carboxylic acids is 2. The Bertz CT molecular complexity index is 847. The van der Waals surface area contributed by atoms with Gasteiger partial charge in [-0.25, -0.2) is 4.39 Å². The normalized spacial score (nSPS) is 17.6. The van der Waals surface area contributed by atoms with Crippen molar-refractivity contribution >= 4 is 29.1 Å². The molecule has 2 unspecified atom stereocenters. The maximum atomic E-state index is 13.3. The standard InChI is InChI=1S/C21H23ClFN3O2/c1-25(13-15-5-3-2-4-6-15)10-9-24-21(28)16-11-20(27)26(14-16)17-7-8-19(23)18(22)12-17/h2-8,12,16H,9-11,13-14H2,1H3,(H,24,28)/p+1. The predicted molar refractivity (Wildman–Crippen MR) is 107 cm³/mol. The van der Waals surface area contributed by atoms with Crippen LogP contribution < -0.4 is 15.1 Å². The third kappa shape index (κ3) is 5.09. The first kappa shape index (κ1) is 20.3. The second-order valence-corrected chi connectivity index (χ2v) is 7.57. The number of likely N-dealkylation sites (N-methyl/N-ethyl adjacent to an activating group) is 1. The van der Waals surface area contributed by atoms with Gasteiger partial charge in [-0.1, -0.05) is 41.9 Å². The van der Waals surface area contributed by atoms with Crippen molar-refractivity contribution in [2.45, 2.75) is 13.0 Å². The lowest BCUT2D eigenvalue weighted by atomic mass is 10.1. The molecule has 0 aliphatic carbocycles. The summed E-state index contributed by atoms with van der Waals surface area (Å²) in [6.45, 7) is 2.50. The molecule has 1 aliphatic rings. The van der Waals surface area contributed by atoms with E-state index in [1.54, 1.807) is 0 Å². The number of quaternary nitrogens is 1. The van der Waals surface area contributed by atoms with Crippen LogP contribution in [-0.4, -0.2) is 38.5 Å². The minimum absolute atomic E-state index is 0.0392. The number of hydrogen-bond donors (Lipinski definition) is 2. The van der Waals surface area contributed by atoms with E-state index in [-0.39, 0.29) is 29.8 Å². The van der Waals surface area contributed by atoms with Crippen LogP contribution in [0.1, 0.15) is 12.0 Å². The Labute approximate surface area is 169 Å². The van der Waals surface area contributed by atoms with E-state index in [0.29, 0.717) is 12.2 Å². The molecule has 2 atom stereocenters. The number of halogens is 2. The van der Waals surface area contributed by atoms with Gasteiger partial charge in [-0.15, -0.1) is 0 Å². The maximum Gasteiger partial charge on any atom is 0.227 e. The molecule has 0 bridgehead atoms. The first-order chi connectivity index (χ1) is 13.4. The van der Waals surface area contributed by atoms with Crippen LogP contribution in [0.15, 0.2) is 48.5 Å². The number of nitrogens with zero attached hydrogens (tertiary/aromatic N) is 1. The predicted octanol–water partition coefficient (Wildman–Crippen LogP) is 1.66. The second-order valence-electron chi connectivity index (χ2n) is 7.16. The van der Waals surface area contributed by atoms with Crippen molar-refractivity contribution in [3.8, 4) is 0 Å². The van der Waals surface area contributed by atoms with E-state index < -0.39 is 11.7 Å². The summed E-state index contributed by atoms with van der Waals surface area (Å²) in [5, 5.41) is 2.89.